The van der Waals surface area contributed by atoms with Crippen LogP contribution in [0.3, 0.4) is 0 Å². The van der Waals surface area contributed by atoms with Gasteiger partial charge in [0, 0.05) is 31.4 Å². The summed E-state index contributed by atoms with van der Waals surface area (Å²) < 4.78 is 46.1. The highest BCUT2D eigenvalue weighted by atomic mass is 19.3. The van der Waals surface area contributed by atoms with Crippen LogP contribution < -0.4 is 5.32 Å². The van der Waals surface area contributed by atoms with Gasteiger partial charge in [-0.1, -0.05) is 13.8 Å². The van der Waals surface area contributed by atoms with Gasteiger partial charge in [0.15, 0.2) is 0 Å². The van der Waals surface area contributed by atoms with Gasteiger partial charge in [0.1, 0.15) is 18.1 Å². The second-order valence-corrected chi connectivity index (χ2v) is 7.31. The topological polar surface area (TPSA) is 56.2 Å². The Balaban J connectivity index is 2.18. The second kappa shape index (κ2) is 6.29. The highest BCUT2D eigenvalue weighted by Crippen LogP contribution is 2.50. The van der Waals surface area contributed by atoms with Crippen LogP contribution in [0.5, 0.6) is 0 Å². The lowest BCUT2D eigenvalue weighted by atomic mass is 9.77. The van der Waals surface area contributed by atoms with Gasteiger partial charge in [-0.25, -0.2) is 18.0 Å². The molecule has 0 spiro atoms. The third kappa shape index (κ3) is 4.21. The van der Waals surface area contributed by atoms with Crippen LogP contribution in [-0.2, 0) is 11.8 Å². The summed E-state index contributed by atoms with van der Waals surface area (Å²) in [5.74, 6) is -2.58. The predicted molar refractivity (Wildman–Crippen MR) is 84.4 cm³/mol. The number of carbonyl (C=O) groups is 1. The number of ether oxygens (including phenoxy) is 1. The van der Waals surface area contributed by atoms with E-state index in [0.29, 0.717) is 11.5 Å². The molecule has 5 nitrogen and oxygen atoms in total. The van der Waals surface area contributed by atoms with E-state index >= 15 is 0 Å². The van der Waals surface area contributed by atoms with E-state index in [0.717, 1.165) is 5.56 Å². The fraction of sp³-hybridized carbons (Fsp3) is 0.750. The van der Waals surface area contributed by atoms with E-state index in [1.165, 1.54) is 18.5 Å². The monoisotopic (exact) mass is 347 g/mol. The Morgan fingerprint density at radius 3 is 2.50 bits per heavy atom. The summed E-state index contributed by atoms with van der Waals surface area (Å²) in [5, 5.41) is 6.88. The Morgan fingerprint density at radius 2 is 2.04 bits per heavy atom. The van der Waals surface area contributed by atoms with E-state index in [1.807, 2.05) is 13.8 Å². The molecule has 1 aromatic heterocycles. The molecule has 1 saturated carbocycles. The molecular weight excluding hydrogens is 323 g/mol. The van der Waals surface area contributed by atoms with Crippen molar-refractivity contribution in [2.75, 3.05) is 11.9 Å². The lowest BCUT2D eigenvalue weighted by molar-refractivity contribution is -0.0878. The standard InChI is InChI=1S/C16H24F3N3O2/c1-9(2)11-12(10-6-16(18,19)7-10)21-22(5)13(11)20-14(23)24-8-15(3,4)17/h9-10H,6-8H2,1-5H3,(H,20,23). The van der Waals surface area contributed by atoms with Gasteiger partial charge in [-0.2, -0.15) is 5.10 Å². The molecular formula is C16H24F3N3O2. The summed E-state index contributed by atoms with van der Waals surface area (Å²) in [6.45, 7) is 6.03. The first-order chi connectivity index (χ1) is 10.9. The lowest BCUT2D eigenvalue weighted by Crippen LogP contribution is -2.34. The van der Waals surface area contributed by atoms with E-state index in [-0.39, 0.29) is 31.3 Å². The second-order valence-electron chi connectivity index (χ2n) is 7.31. The zero-order chi connectivity index (χ0) is 18.3. The van der Waals surface area contributed by atoms with Crippen LogP contribution in [0.15, 0.2) is 0 Å². The Kier molecular flexibility index (Phi) is 4.88. The van der Waals surface area contributed by atoms with Crippen LogP contribution in [0.2, 0.25) is 0 Å². The maximum absolute atomic E-state index is 13.4. The lowest BCUT2D eigenvalue weighted by Gasteiger charge is -2.34. The van der Waals surface area contributed by atoms with Gasteiger partial charge >= 0.3 is 6.09 Å². The SMILES string of the molecule is CC(C)c1c(C2CC(F)(F)C2)nn(C)c1NC(=O)OCC(C)(C)F. The summed E-state index contributed by atoms with van der Waals surface area (Å²) in [6, 6.07) is 0. The first-order valence-corrected chi connectivity index (χ1v) is 7.97. The predicted octanol–water partition coefficient (Wildman–Crippen LogP) is 4.35. The normalized spacial score (nSPS) is 17.7. The van der Waals surface area contributed by atoms with Gasteiger partial charge in [0.05, 0.1) is 5.69 Å². The minimum atomic E-state index is -2.64. The third-order valence-electron chi connectivity index (χ3n) is 3.93. The molecule has 1 aliphatic rings. The van der Waals surface area contributed by atoms with Crippen LogP contribution in [0.25, 0.3) is 0 Å². The summed E-state index contributed by atoms with van der Waals surface area (Å²) in [4.78, 5) is 11.9. The molecule has 136 valence electrons. The average molecular weight is 347 g/mol. The van der Waals surface area contributed by atoms with Gasteiger partial charge < -0.3 is 4.74 Å². The van der Waals surface area contributed by atoms with Crippen molar-refractivity contribution in [2.45, 2.75) is 64.0 Å². The smallest absolute Gasteiger partial charge is 0.412 e. The van der Waals surface area contributed by atoms with Crippen molar-refractivity contribution < 1.29 is 22.7 Å². The molecule has 1 N–H and O–H groups in total. The highest BCUT2D eigenvalue weighted by Gasteiger charge is 2.48. The number of halogens is 3. The first kappa shape index (κ1) is 18.6. The number of hydrogen-bond acceptors (Lipinski definition) is 3. The Morgan fingerprint density at radius 1 is 1.46 bits per heavy atom. The molecule has 0 bridgehead atoms. The number of nitrogens with one attached hydrogen (secondary N) is 1. The molecule has 0 aromatic carbocycles. The van der Waals surface area contributed by atoms with Crippen LogP contribution >= 0.6 is 0 Å². The zero-order valence-corrected chi connectivity index (χ0v) is 14.6. The maximum atomic E-state index is 13.4. The number of nitrogens with zero attached hydrogens (tertiary/aromatic N) is 2. The molecule has 0 atom stereocenters. The third-order valence-corrected chi connectivity index (χ3v) is 3.93. The number of alkyl halides is 3. The summed E-state index contributed by atoms with van der Waals surface area (Å²) >= 11 is 0. The van der Waals surface area contributed by atoms with Crippen molar-refractivity contribution in [3.8, 4) is 0 Å². The summed E-state index contributed by atoms with van der Waals surface area (Å²) in [6.07, 6.45) is -1.26. The van der Waals surface area contributed by atoms with Crippen LogP contribution in [0.4, 0.5) is 23.8 Å². The minimum Gasteiger partial charge on any atom is -0.446 e. The van der Waals surface area contributed by atoms with E-state index < -0.39 is 17.7 Å². The summed E-state index contributed by atoms with van der Waals surface area (Å²) in [5.41, 5.74) is -0.332. The molecule has 0 radical (unpaired) electrons. The fourth-order valence-electron chi connectivity index (χ4n) is 2.80. The van der Waals surface area contributed by atoms with Crippen LogP contribution in [-0.4, -0.2) is 34.1 Å². The number of aromatic nitrogens is 2. The van der Waals surface area contributed by atoms with Crippen molar-refractivity contribution in [1.29, 1.82) is 0 Å². The molecule has 1 aliphatic carbocycles. The fourth-order valence-corrected chi connectivity index (χ4v) is 2.80. The van der Waals surface area contributed by atoms with Crippen molar-refractivity contribution in [3.05, 3.63) is 11.3 Å². The van der Waals surface area contributed by atoms with Crippen LogP contribution in [0, 0.1) is 0 Å². The zero-order valence-electron chi connectivity index (χ0n) is 14.6. The molecule has 1 aromatic rings. The van der Waals surface area contributed by atoms with Gasteiger partial charge in [-0.15, -0.1) is 0 Å². The first-order valence-electron chi connectivity index (χ1n) is 7.97. The number of aryl methyl sites for hydroxylation is 1. The van der Waals surface area contributed by atoms with E-state index in [9.17, 15) is 18.0 Å². The number of rotatable bonds is 5. The minimum absolute atomic E-state index is 0.0177. The number of amides is 1. The van der Waals surface area contributed by atoms with Crippen molar-refractivity contribution in [3.63, 3.8) is 0 Å². The molecule has 1 fully saturated rings. The molecule has 24 heavy (non-hydrogen) atoms. The van der Waals surface area contributed by atoms with Crippen LogP contribution in [0.1, 0.15) is 63.6 Å². The molecule has 0 aliphatic heterocycles. The van der Waals surface area contributed by atoms with E-state index in [1.54, 1.807) is 7.05 Å². The van der Waals surface area contributed by atoms with Gasteiger partial charge in [0.25, 0.3) is 0 Å². The molecule has 1 heterocycles. The van der Waals surface area contributed by atoms with E-state index in [2.05, 4.69) is 10.4 Å². The van der Waals surface area contributed by atoms with E-state index in [4.69, 9.17) is 4.74 Å². The highest BCUT2D eigenvalue weighted by molar-refractivity contribution is 5.85. The quantitative estimate of drug-likeness (QED) is 0.861. The van der Waals surface area contributed by atoms with Gasteiger partial charge in [-0.05, 0) is 19.8 Å². The van der Waals surface area contributed by atoms with Crippen molar-refractivity contribution in [2.24, 2.45) is 7.05 Å². The largest absolute Gasteiger partial charge is 0.446 e. The average Bonchev–Trinajstić information content (AvgIpc) is 2.70. The molecule has 1 amide bonds. The molecule has 0 unspecified atom stereocenters. The Labute approximate surface area is 139 Å². The van der Waals surface area contributed by atoms with Crippen molar-refractivity contribution >= 4 is 11.9 Å². The Bertz CT molecular complexity index is 613. The molecule has 0 saturated heterocycles. The number of carbonyl (C=O) groups excluding carboxylic acids is 1. The molecule has 8 heteroatoms. The molecule has 2 rings (SSSR count). The number of anilines is 1. The van der Waals surface area contributed by atoms with Gasteiger partial charge in [-0.3, -0.25) is 10.00 Å². The number of hydrogen-bond donors (Lipinski definition) is 1. The van der Waals surface area contributed by atoms with Gasteiger partial charge in [0.2, 0.25) is 5.92 Å². The summed E-state index contributed by atoms with van der Waals surface area (Å²) in [7, 11) is 1.63. The Hall–Kier alpha value is -1.73. The van der Waals surface area contributed by atoms with Crippen molar-refractivity contribution in [1.82, 2.24) is 9.78 Å². The maximum Gasteiger partial charge on any atom is 0.412 e.